The van der Waals surface area contributed by atoms with Crippen LogP contribution in [0.25, 0.3) is 0 Å². The molecule has 1 aliphatic carbocycles. The average Bonchev–Trinajstić information content (AvgIpc) is 3.40. The van der Waals surface area contributed by atoms with E-state index in [0.717, 1.165) is 37.0 Å². The summed E-state index contributed by atoms with van der Waals surface area (Å²) in [6.07, 6.45) is 9.10. The first kappa shape index (κ1) is 22.1. The van der Waals surface area contributed by atoms with Crippen LogP contribution in [0.4, 0.5) is 0 Å². The number of nitrogens with zero attached hydrogens (tertiary/aromatic N) is 4. The van der Waals surface area contributed by atoms with Crippen molar-refractivity contribution in [1.29, 1.82) is 0 Å². The predicted molar refractivity (Wildman–Crippen MR) is 125 cm³/mol. The molecule has 6 nitrogen and oxygen atoms in total. The van der Waals surface area contributed by atoms with Crippen LogP contribution in [0.3, 0.4) is 0 Å². The van der Waals surface area contributed by atoms with E-state index in [0.29, 0.717) is 18.2 Å². The molecule has 2 aliphatic rings. The van der Waals surface area contributed by atoms with Crippen molar-refractivity contribution in [3.8, 4) is 0 Å². The molecule has 1 saturated heterocycles. The van der Waals surface area contributed by atoms with Crippen molar-refractivity contribution in [2.45, 2.75) is 68.7 Å². The van der Waals surface area contributed by atoms with Crippen molar-refractivity contribution in [2.24, 2.45) is 0 Å². The first-order valence-corrected chi connectivity index (χ1v) is 12.4. The van der Waals surface area contributed by atoms with Crippen LogP contribution < -0.4 is 5.32 Å². The molecule has 1 aromatic heterocycles. The number of thioether (sulfide) groups is 1. The summed E-state index contributed by atoms with van der Waals surface area (Å²) in [7, 11) is 0. The summed E-state index contributed by atoms with van der Waals surface area (Å²) in [5, 5.41) is 12.9. The maximum absolute atomic E-state index is 12.6. The molecule has 0 bridgehead atoms. The van der Waals surface area contributed by atoms with Gasteiger partial charge < -0.3 is 9.88 Å². The van der Waals surface area contributed by atoms with E-state index < -0.39 is 0 Å². The largest absolute Gasteiger partial charge is 0.351 e. The average molecular weight is 440 g/mol. The molecule has 166 valence electrons. The van der Waals surface area contributed by atoms with E-state index in [9.17, 15) is 4.79 Å². The van der Waals surface area contributed by atoms with Crippen molar-refractivity contribution in [1.82, 2.24) is 25.0 Å². The molecule has 1 N–H and O–H groups in total. The highest BCUT2D eigenvalue weighted by molar-refractivity contribution is 7.99. The van der Waals surface area contributed by atoms with Gasteiger partial charge in [-0.1, -0.05) is 67.4 Å². The fourth-order valence-corrected chi connectivity index (χ4v) is 5.47. The number of allylic oxidation sites excluding steroid dienone is 1. The molecule has 0 unspecified atom stereocenters. The predicted octanol–water partition coefficient (Wildman–Crippen LogP) is 3.99. The first-order chi connectivity index (χ1) is 15.2. The highest BCUT2D eigenvalue weighted by Crippen LogP contribution is 2.33. The second-order valence-electron chi connectivity index (χ2n) is 8.64. The van der Waals surface area contributed by atoms with Gasteiger partial charge in [-0.3, -0.25) is 9.69 Å². The van der Waals surface area contributed by atoms with Crippen LogP contribution in [0.1, 0.15) is 55.8 Å². The molecule has 0 radical (unpaired) electrons. The molecular formula is C24H33N5OS. The molecule has 2 fully saturated rings. The van der Waals surface area contributed by atoms with Crippen molar-refractivity contribution >= 4 is 17.7 Å². The second kappa shape index (κ2) is 11.0. The molecular weight excluding hydrogens is 406 g/mol. The zero-order chi connectivity index (χ0) is 21.5. The Labute approximate surface area is 189 Å². The fraction of sp³-hybridized carbons (Fsp3) is 0.542. The number of benzene rings is 1. The Morgan fingerprint density at radius 2 is 1.97 bits per heavy atom. The normalized spacial score (nSPS) is 20.1. The summed E-state index contributed by atoms with van der Waals surface area (Å²) in [6.45, 7) is 7.46. The third-order valence-corrected chi connectivity index (χ3v) is 7.21. The molecule has 2 heterocycles. The number of hydrogen-bond acceptors (Lipinski definition) is 5. The summed E-state index contributed by atoms with van der Waals surface area (Å²) < 4.78 is 2.15. The van der Waals surface area contributed by atoms with Gasteiger partial charge in [-0.15, -0.1) is 16.8 Å². The lowest BCUT2D eigenvalue weighted by atomic mass is 9.89. The summed E-state index contributed by atoms with van der Waals surface area (Å²) in [6, 6.07) is 10.7. The van der Waals surface area contributed by atoms with E-state index in [4.69, 9.17) is 0 Å². The first-order valence-electron chi connectivity index (χ1n) is 11.5. The summed E-state index contributed by atoms with van der Waals surface area (Å²) in [4.78, 5) is 15.0. The fourth-order valence-electron chi connectivity index (χ4n) is 4.71. The van der Waals surface area contributed by atoms with Gasteiger partial charge in [0.15, 0.2) is 5.16 Å². The maximum atomic E-state index is 12.6. The molecule has 1 amide bonds. The second-order valence-corrected chi connectivity index (χ2v) is 9.58. The summed E-state index contributed by atoms with van der Waals surface area (Å²) in [5.41, 5.74) is 1.32. The number of likely N-dealkylation sites (tertiary alicyclic amines) is 1. The third-order valence-electron chi connectivity index (χ3n) is 6.25. The number of rotatable bonds is 9. The Morgan fingerprint density at radius 3 is 2.74 bits per heavy atom. The molecule has 1 aliphatic heterocycles. The van der Waals surface area contributed by atoms with E-state index in [1.807, 2.05) is 12.1 Å². The minimum atomic E-state index is 0.0731. The van der Waals surface area contributed by atoms with Gasteiger partial charge in [-0.05, 0) is 24.8 Å². The van der Waals surface area contributed by atoms with Gasteiger partial charge in [-0.2, -0.15) is 0 Å². The zero-order valence-electron chi connectivity index (χ0n) is 18.2. The minimum absolute atomic E-state index is 0.0731. The SMILES string of the molecule is C=CCn1c(SCC(=O)N[C@H]2CCN(Cc3ccccc3)C2)nnc1C1CCCCC1. The lowest BCUT2D eigenvalue weighted by Crippen LogP contribution is -2.38. The van der Waals surface area contributed by atoms with Gasteiger partial charge in [0.25, 0.3) is 0 Å². The standard InChI is InChI=1S/C24H33N5OS/c1-2-14-29-23(20-11-7-4-8-12-20)26-27-24(29)31-18-22(30)25-21-13-15-28(17-21)16-19-9-5-3-6-10-19/h2-3,5-6,9-10,20-21H,1,4,7-8,11-18H2,(H,25,30)/t21-/m0/s1. The lowest BCUT2D eigenvalue weighted by Gasteiger charge is -2.21. The van der Waals surface area contributed by atoms with Crippen LogP contribution in [0.15, 0.2) is 48.1 Å². The van der Waals surface area contributed by atoms with Gasteiger partial charge >= 0.3 is 0 Å². The molecule has 1 aromatic carbocycles. The van der Waals surface area contributed by atoms with E-state index in [-0.39, 0.29) is 11.9 Å². The molecule has 2 aromatic rings. The van der Waals surface area contributed by atoms with Gasteiger partial charge in [0.1, 0.15) is 5.82 Å². The molecule has 7 heteroatoms. The number of hydrogen-bond donors (Lipinski definition) is 1. The zero-order valence-corrected chi connectivity index (χ0v) is 19.0. The molecule has 4 rings (SSSR count). The van der Waals surface area contributed by atoms with Crippen LogP contribution in [0, 0.1) is 0 Å². The number of nitrogens with one attached hydrogen (secondary N) is 1. The lowest BCUT2D eigenvalue weighted by molar-refractivity contribution is -0.119. The highest BCUT2D eigenvalue weighted by Gasteiger charge is 2.25. The summed E-state index contributed by atoms with van der Waals surface area (Å²) >= 11 is 1.48. The maximum Gasteiger partial charge on any atom is 0.230 e. The molecule has 31 heavy (non-hydrogen) atoms. The van der Waals surface area contributed by atoms with Gasteiger partial charge in [0, 0.05) is 38.1 Å². The van der Waals surface area contributed by atoms with Gasteiger partial charge in [0.2, 0.25) is 5.91 Å². The van der Waals surface area contributed by atoms with Crippen molar-refractivity contribution in [3.05, 3.63) is 54.4 Å². The Kier molecular flexibility index (Phi) is 7.81. The number of carbonyl (C=O) groups excluding carboxylic acids is 1. The highest BCUT2D eigenvalue weighted by atomic mass is 32.2. The Morgan fingerprint density at radius 1 is 1.16 bits per heavy atom. The monoisotopic (exact) mass is 439 g/mol. The van der Waals surface area contributed by atoms with E-state index in [1.54, 1.807) is 0 Å². The molecule has 0 spiro atoms. The van der Waals surface area contributed by atoms with Crippen molar-refractivity contribution in [3.63, 3.8) is 0 Å². The van der Waals surface area contributed by atoms with Gasteiger partial charge in [0.05, 0.1) is 5.75 Å². The Hall–Kier alpha value is -2.12. The van der Waals surface area contributed by atoms with Crippen molar-refractivity contribution in [2.75, 3.05) is 18.8 Å². The summed E-state index contributed by atoms with van der Waals surface area (Å²) in [5.74, 6) is 1.99. The smallest absolute Gasteiger partial charge is 0.230 e. The number of amides is 1. The van der Waals surface area contributed by atoms with Crippen LogP contribution in [0.5, 0.6) is 0 Å². The van der Waals surface area contributed by atoms with Crippen molar-refractivity contribution < 1.29 is 4.79 Å². The van der Waals surface area contributed by atoms with Crippen LogP contribution in [0.2, 0.25) is 0 Å². The topological polar surface area (TPSA) is 63.1 Å². The van der Waals surface area contributed by atoms with Gasteiger partial charge in [-0.25, -0.2) is 0 Å². The molecule has 1 saturated carbocycles. The Bertz CT molecular complexity index is 862. The third kappa shape index (κ3) is 5.98. The van der Waals surface area contributed by atoms with Crippen LogP contribution in [-0.2, 0) is 17.9 Å². The number of carbonyl (C=O) groups is 1. The van der Waals surface area contributed by atoms with Crippen LogP contribution >= 0.6 is 11.8 Å². The van der Waals surface area contributed by atoms with Crippen LogP contribution in [-0.4, -0.2) is 50.5 Å². The number of aromatic nitrogens is 3. The minimum Gasteiger partial charge on any atom is -0.351 e. The Balaban J connectivity index is 1.27. The quantitative estimate of drug-likeness (QED) is 0.473. The van der Waals surface area contributed by atoms with E-state index >= 15 is 0 Å². The molecule has 1 atom stereocenters. The van der Waals surface area contributed by atoms with E-state index in [2.05, 4.69) is 55.8 Å². The van der Waals surface area contributed by atoms with E-state index in [1.165, 1.54) is 49.4 Å².